The van der Waals surface area contributed by atoms with Crippen LogP contribution in [0.4, 0.5) is 5.69 Å². The highest BCUT2D eigenvalue weighted by atomic mass is 35.5. The van der Waals surface area contributed by atoms with E-state index in [9.17, 15) is 18.0 Å². The Hall–Kier alpha value is -2.03. The van der Waals surface area contributed by atoms with Crippen molar-refractivity contribution in [1.82, 2.24) is 5.32 Å². The molecule has 0 aliphatic carbocycles. The molecule has 0 spiro atoms. The Balaban J connectivity index is 1.88. The Morgan fingerprint density at radius 2 is 1.83 bits per heavy atom. The van der Waals surface area contributed by atoms with Crippen LogP contribution in [-0.2, 0) is 14.8 Å². The molecule has 0 fully saturated rings. The van der Waals surface area contributed by atoms with Crippen LogP contribution in [0.15, 0.2) is 53.4 Å². The van der Waals surface area contributed by atoms with Crippen LogP contribution in [0.3, 0.4) is 0 Å². The number of carbonyl (C=O) groups excluding carboxylic acids is 2. The molecule has 9 heteroatoms. The topological polar surface area (TPSA) is 83.6 Å². The molecule has 0 saturated carbocycles. The number of hydrogen-bond acceptors (Lipinski definition) is 5. The standard InChI is InChI=1S/C20H23ClN2O4S2/c1-15(24)16-5-3-6-18(13-16)23(29(2,26)27)14-20(25)22-11-4-12-28-19-9-7-17(21)8-10-19/h3,5-10,13H,4,11-12,14H2,1-2H3,(H,22,25). The minimum absolute atomic E-state index is 0.178. The average Bonchev–Trinajstić information content (AvgIpc) is 2.66. The third-order valence-corrected chi connectivity index (χ3v) is 6.44. The number of sulfonamides is 1. The van der Waals surface area contributed by atoms with Gasteiger partial charge in [-0.1, -0.05) is 23.7 Å². The molecule has 0 unspecified atom stereocenters. The van der Waals surface area contributed by atoms with Crippen LogP contribution in [-0.4, -0.2) is 45.2 Å². The predicted molar refractivity (Wildman–Crippen MR) is 118 cm³/mol. The van der Waals surface area contributed by atoms with Crippen molar-refractivity contribution in [1.29, 1.82) is 0 Å². The van der Waals surface area contributed by atoms with Crippen LogP contribution in [0, 0.1) is 0 Å². The molecule has 0 aliphatic rings. The van der Waals surface area contributed by atoms with Gasteiger partial charge in [-0.15, -0.1) is 11.8 Å². The Kier molecular flexibility index (Phi) is 8.55. The van der Waals surface area contributed by atoms with Gasteiger partial charge < -0.3 is 5.32 Å². The van der Waals surface area contributed by atoms with Gasteiger partial charge in [0.25, 0.3) is 0 Å². The summed E-state index contributed by atoms with van der Waals surface area (Å²) in [6.45, 7) is 1.49. The maximum absolute atomic E-state index is 12.3. The molecule has 0 aromatic heterocycles. The monoisotopic (exact) mass is 454 g/mol. The number of hydrogen-bond donors (Lipinski definition) is 1. The van der Waals surface area contributed by atoms with Crippen LogP contribution in [0.25, 0.3) is 0 Å². The minimum Gasteiger partial charge on any atom is -0.354 e. The summed E-state index contributed by atoms with van der Waals surface area (Å²) in [5.41, 5.74) is 0.671. The second-order valence-electron chi connectivity index (χ2n) is 6.38. The van der Waals surface area contributed by atoms with Crippen LogP contribution >= 0.6 is 23.4 Å². The van der Waals surface area contributed by atoms with Crippen LogP contribution in [0.2, 0.25) is 5.02 Å². The molecule has 2 aromatic rings. The Labute approximate surface area is 180 Å². The Morgan fingerprint density at radius 1 is 1.14 bits per heavy atom. The SMILES string of the molecule is CC(=O)c1cccc(N(CC(=O)NCCCSc2ccc(Cl)cc2)S(C)(=O)=O)c1. The zero-order chi connectivity index (χ0) is 21.4. The molecular weight excluding hydrogens is 432 g/mol. The van der Waals surface area contributed by atoms with Crippen molar-refractivity contribution in [2.75, 3.05) is 29.4 Å². The third kappa shape index (κ3) is 7.72. The average molecular weight is 455 g/mol. The lowest BCUT2D eigenvalue weighted by atomic mass is 10.1. The van der Waals surface area contributed by atoms with Crippen LogP contribution in [0.1, 0.15) is 23.7 Å². The van der Waals surface area contributed by atoms with E-state index in [1.807, 2.05) is 24.3 Å². The van der Waals surface area contributed by atoms with Crippen LogP contribution in [0.5, 0.6) is 0 Å². The van der Waals surface area contributed by atoms with Gasteiger partial charge in [-0.3, -0.25) is 13.9 Å². The van der Waals surface area contributed by atoms with E-state index in [-0.39, 0.29) is 18.0 Å². The Bertz CT molecular complexity index is 963. The van der Waals surface area contributed by atoms with Crippen LogP contribution < -0.4 is 9.62 Å². The molecule has 1 N–H and O–H groups in total. The van der Waals surface area contributed by atoms with Gasteiger partial charge in [0, 0.05) is 22.0 Å². The quantitative estimate of drug-likeness (QED) is 0.337. The largest absolute Gasteiger partial charge is 0.354 e. The van der Waals surface area contributed by atoms with Gasteiger partial charge in [0.15, 0.2) is 5.78 Å². The van der Waals surface area contributed by atoms with Gasteiger partial charge >= 0.3 is 0 Å². The molecule has 6 nitrogen and oxygen atoms in total. The number of nitrogens with zero attached hydrogens (tertiary/aromatic N) is 1. The van der Waals surface area contributed by atoms with Gasteiger partial charge in [0.05, 0.1) is 11.9 Å². The summed E-state index contributed by atoms with van der Waals surface area (Å²) in [6.07, 6.45) is 1.77. The lowest BCUT2D eigenvalue weighted by Gasteiger charge is -2.22. The first-order chi connectivity index (χ1) is 13.7. The predicted octanol–water partition coefficient (Wildman–Crippen LogP) is 3.61. The zero-order valence-corrected chi connectivity index (χ0v) is 18.6. The van der Waals surface area contributed by atoms with Gasteiger partial charge in [-0.05, 0) is 55.5 Å². The van der Waals surface area contributed by atoms with Crippen molar-refractivity contribution < 1.29 is 18.0 Å². The molecule has 0 saturated heterocycles. The van der Waals surface area contributed by atoms with Crippen molar-refractivity contribution in [2.45, 2.75) is 18.2 Å². The molecule has 0 aliphatic heterocycles. The molecule has 1 amide bonds. The van der Waals surface area contributed by atoms with Crippen molar-refractivity contribution in [2.24, 2.45) is 0 Å². The number of benzene rings is 2. The maximum Gasteiger partial charge on any atom is 0.240 e. The first-order valence-electron chi connectivity index (χ1n) is 8.90. The second kappa shape index (κ2) is 10.7. The van der Waals surface area contributed by atoms with E-state index in [1.54, 1.807) is 30.0 Å². The fourth-order valence-corrected chi connectivity index (χ4v) is 4.31. The number of ketones is 1. The fourth-order valence-electron chi connectivity index (χ4n) is 2.49. The number of nitrogens with one attached hydrogen (secondary N) is 1. The second-order valence-corrected chi connectivity index (χ2v) is 9.89. The molecule has 2 aromatic carbocycles. The highest BCUT2D eigenvalue weighted by molar-refractivity contribution is 7.99. The number of carbonyl (C=O) groups is 2. The van der Waals surface area contributed by atoms with Crippen molar-refractivity contribution in [3.63, 3.8) is 0 Å². The molecule has 0 heterocycles. The van der Waals surface area contributed by atoms with Gasteiger partial charge in [0.1, 0.15) is 6.54 Å². The molecular formula is C20H23ClN2O4S2. The minimum atomic E-state index is -3.68. The summed E-state index contributed by atoms with van der Waals surface area (Å²) in [6, 6.07) is 13.7. The van der Waals surface area contributed by atoms with E-state index in [0.717, 1.165) is 27.6 Å². The van der Waals surface area contributed by atoms with Crippen molar-refractivity contribution >= 4 is 50.8 Å². The lowest BCUT2D eigenvalue weighted by Crippen LogP contribution is -2.40. The van der Waals surface area contributed by atoms with Gasteiger partial charge in [-0.25, -0.2) is 8.42 Å². The molecule has 0 atom stereocenters. The number of amides is 1. The number of rotatable bonds is 10. The van der Waals surface area contributed by atoms with E-state index < -0.39 is 15.9 Å². The smallest absolute Gasteiger partial charge is 0.240 e. The molecule has 156 valence electrons. The summed E-state index contributed by atoms with van der Waals surface area (Å²) in [5.74, 6) is 0.223. The Morgan fingerprint density at radius 3 is 2.45 bits per heavy atom. The molecule has 2 rings (SSSR count). The highest BCUT2D eigenvalue weighted by Gasteiger charge is 2.21. The first-order valence-corrected chi connectivity index (χ1v) is 12.1. The summed E-state index contributed by atoms with van der Waals surface area (Å²) >= 11 is 7.50. The number of thioether (sulfide) groups is 1. The molecule has 0 bridgehead atoms. The van der Waals surface area contributed by atoms with Gasteiger partial charge in [0.2, 0.25) is 15.9 Å². The van der Waals surface area contributed by atoms with Gasteiger partial charge in [-0.2, -0.15) is 0 Å². The normalized spacial score (nSPS) is 11.1. The number of halogens is 1. The fraction of sp³-hybridized carbons (Fsp3) is 0.300. The van der Waals surface area contributed by atoms with E-state index in [0.29, 0.717) is 17.1 Å². The number of Topliss-reactive ketones (excluding diaryl/α,β-unsaturated/α-hetero) is 1. The maximum atomic E-state index is 12.3. The number of anilines is 1. The first kappa shape index (κ1) is 23.3. The summed E-state index contributed by atoms with van der Waals surface area (Å²) in [5, 5.41) is 3.43. The zero-order valence-electron chi connectivity index (χ0n) is 16.2. The van der Waals surface area contributed by atoms with E-state index in [2.05, 4.69) is 5.32 Å². The summed E-state index contributed by atoms with van der Waals surface area (Å²) in [4.78, 5) is 24.9. The van der Waals surface area contributed by atoms with Crippen molar-refractivity contribution in [3.8, 4) is 0 Å². The lowest BCUT2D eigenvalue weighted by molar-refractivity contribution is -0.119. The van der Waals surface area contributed by atoms with E-state index >= 15 is 0 Å². The van der Waals surface area contributed by atoms with E-state index in [1.165, 1.54) is 13.0 Å². The van der Waals surface area contributed by atoms with E-state index in [4.69, 9.17) is 11.6 Å². The highest BCUT2D eigenvalue weighted by Crippen LogP contribution is 2.21. The summed E-state index contributed by atoms with van der Waals surface area (Å²) in [7, 11) is -3.68. The molecule has 0 radical (unpaired) electrons. The molecule has 29 heavy (non-hydrogen) atoms. The van der Waals surface area contributed by atoms with Crippen molar-refractivity contribution in [3.05, 3.63) is 59.1 Å². The summed E-state index contributed by atoms with van der Waals surface area (Å²) < 4.78 is 25.3. The third-order valence-electron chi connectivity index (χ3n) is 3.95.